The third kappa shape index (κ3) is 2.58. The lowest BCUT2D eigenvalue weighted by Crippen LogP contribution is -2.33. The van der Waals surface area contributed by atoms with Crippen molar-refractivity contribution in [3.05, 3.63) is 23.9 Å². The molecule has 0 spiro atoms. The first-order valence-corrected chi connectivity index (χ1v) is 5.60. The summed E-state index contributed by atoms with van der Waals surface area (Å²) < 4.78 is 0. The number of hydrogen-bond donors (Lipinski definition) is 2. The second-order valence-corrected chi connectivity index (χ2v) is 4.20. The van der Waals surface area contributed by atoms with Crippen LogP contribution < -0.4 is 5.59 Å². The van der Waals surface area contributed by atoms with Crippen LogP contribution in [-0.4, -0.2) is 22.2 Å². The van der Waals surface area contributed by atoms with E-state index in [1.165, 1.54) is 32.1 Å². The molecule has 4 heteroatoms. The van der Waals surface area contributed by atoms with E-state index in [0.29, 0.717) is 11.5 Å². The minimum absolute atomic E-state index is 0.359. The van der Waals surface area contributed by atoms with Crippen molar-refractivity contribution in [2.75, 3.05) is 0 Å². The summed E-state index contributed by atoms with van der Waals surface area (Å²) >= 11 is 0. The lowest BCUT2D eigenvalue weighted by atomic mass is 9.83. The van der Waals surface area contributed by atoms with Crippen molar-refractivity contribution in [3.8, 4) is 0 Å². The molecule has 1 heterocycles. The van der Waals surface area contributed by atoms with Crippen LogP contribution in [0.2, 0.25) is 0 Å². The molecule has 15 heavy (non-hydrogen) atoms. The van der Waals surface area contributed by atoms with Crippen LogP contribution in [-0.2, 0) is 0 Å². The van der Waals surface area contributed by atoms with Crippen LogP contribution in [0.3, 0.4) is 0 Å². The molecule has 0 bridgehead atoms. The van der Waals surface area contributed by atoms with Crippen LogP contribution >= 0.6 is 0 Å². The summed E-state index contributed by atoms with van der Waals surface area (Å²) in [5, 5.41) is 18.1. The lowest BCUT2D eigenvalue weighted by Gasteiger charge is -2.21. The molecule has 0 amide bonds. The molecule has 1 aromatic rings. The third-order valence-corrected chi connectivity index (χ3v) is 3.08. The maximum Gasteiger partial charge on any atom is 0.508 e. The molecule has 2 rings (SSSR count). The molecule has 1 aliphatic carbocycles. The highest BCUT2D eigenvalue weighted by Gasteiger charge is 2.19. The zero-order valence-corrected chi connectivity index (χ0v) is 8.76. The van der Waals surface area contributed by atoms with Crippen LogP contribution in [0.1, 0.15) is 43.7 Å². The van der Waals surface area contributed by atoms with E-state index in [2.05, 4.69) is 4.98 Å². The van der Waals surface area contributed by atoms with Crippen molar-refractivity contribution < 1.29 is 10.0 Å². The zero-order valence-electron chi connectivity index (χ0n) is 8.76. The summed E-state index contributed by atoms with van der Waals surface area (Å²) in [5.74, 6) is 0.512. The fraction of sp³-hybridized carbons (Fsp3) is 0.545. The van der Waals surface area contributed by atoms with Gasteiger partial charge in [0.25, 0.3) is 0 Å². The Morgan fingerprint density at radius 2 is 1.87 bits per heavy atom. The Morgan fingerprint density at radius 1 is 1.13 bits per heavy atom. The monoisotopic (exact) mass is 205 g/mol. The molecule has 2 N–H and O–H groups in total. The highest BCUT2D eigenvalue weighted by atomic mass is 16.4. The Bertz CT molecular complexity index is 324. The van der Waals surface area contributed by atoms with E-state index in [1.807, 2.05) is 12.1 Å². The first kappa shape index (κ1) is 10.6. The Kier molecular flexibility index (Phi) is 3.39. The molecule has 80 valence electrons. The number of hydrogen-bond acceptors (Lipinski definition) is 3. The molecular weight excluding hydrogens is 189 g/mol. The van der Waals surface area contributed by atoms with E-state index in [0.717, 1.165) is 5.69 Å². The van der Waals surface area contributed by atoms with Gasteiger partial charge in [-0.1, -0.05) is 25.3 Å². The molecule has 0 atom stereocenters. The van der Waals surface area contributed by atoms with Gasteiger partial charge in [0.1, 0.15) is 0 Å². The van der Waals surface area contributed by atoms with Crippen molar-refractivity contribution in [2.24, 2.45) is 0 Å². The molecular formula is C11H16BNO2. The van der Waals surface area contributed by atoms with Crippen molar-refractivity contribution >= 4 is 12.7 Å². The summed E-state index contributed by atoms with van der Waals surface area (Å²) in [6.45, 7) is 0. The molecule has 0 unspecified atom stereocenters. The van der Waals surface area contributed by atoms with Gasteiger partial charge in [-0.15, -0.1) is 0 Å². The Labute approximate surface area is 90.3 Å². The Morgan fingerprint density at radius 3 is 2.53 bits per heavy atom. The number of rotatable bonds is 2. The van der Waals surface area contributed by atoms with E-state index < -0.39 is 7.12 Å². The number of nitrogens with zero attached hydrogens (tertiary/aromatic N) is 1. The van der Waals surface area contributed by atoms with E-state index in [-0.39, 0.29) is 0 Å². The van der Waals surface area contributed by atoms with Crippen molar-refractivity contribution in [1.82, 2.24) is 4.98 Å². The normalized spacial score (nSPS) is 17.7. The molecule has 1 fully saturated rings. The van der Waals surface area contributed by atoms with Crippen LogP contribution in [0.5, 0.6) is 0 Å². The van der Waals surface area contributed by atoms with Gasteiger partial charge in [0.15, 0.2) is 0 Å². The maximum atomic E-state index is 9.04. The molecule has 1 saturated carbocycles. The topological polar surface area (TPSA) is 53.4 Å². The van der Waals surface area contributed by atoms with Crippen LogP contribution in [0, 0.1) is 0 Å². The van der Waals surface area contributed by atoms with E-state index >= 15 is 0 Å². The summed E-state index contributed by atoms with van der Waals surface area (Å²) in [6, 6.07) is 5.49. The van der Waals surface area contributed by atoms with Gasteiger partial charge in [-0.25, -0.2) is 0 Å². The fourth-order valence-corrected chi connectivity index (χ4v) is 2.24. The summed E-state index contributed by atoms with van der Waals surface area (Å²) in [6.07, 6.45) is 6.20. The summed E-state index contributed by atoms with van der Waals surface area (Å²) in [7, 11) is -1.45. The fourth-order valence-electron chi connectivity index (χ4n) is 2.24. The summed E-state index contributed by atoms with van der Waals surface area (Å²) in [5.41, 5.74) is 1.37. The van der Waals surface area contributed by atoms with E-state index in [4.69, 9.17) is 10.0 Å². The van der Waals surface area contributed by atoms with Crippen LogP contribution in [0.4, 0.5) is 0 Å². The largest absolute Gasteiger partial charge is 0.508 e. The van der Waals surface area contributed by atoms with E-state index in [9.17, 15) is 0 Å². The van der Waals surface area contributed by atoms with Gasteiger partial charge in [-0.2, -0.15) is 0 Å². The predicted molar refractivity (Wildman–Crippen MR) is 59.9 cm³/mol. The summed E-state index contributed by atoms with van der Waals surface area (Å²) in [4.78, 5) is 4.30. The minimum Gasteiger partial charge on any atom is -0.422 e. The minimum atomic E-state index is -1.45. The highest BCUT2D eigenvalue weighted by Crippen LogP contribution is 2.30. The molecule has 0 radical (unpaired) electrons. The van der Waals surface area contributed by atoms with Gasteiger partial charge in [-0.05, 0) is 25.0 Å². The van der Waals surface area contributed by atoms with Gasteiger partial charge in [-0.3, -0.25) is 4.98 Å². The third-order valence-electron chi connectivity index (χ3n) is 3.08. The predicted octanol–water partition coefficient (Wildman–Crippen LogP) is 0.809. The van der Waals surface area contributed by atoms with Crippen molar-refractivity contribution in [1.29, 1.82) is 0 Å². The Hall–Kier alpha value is -0.865. The molecule has 0 aromatic carbocycles. The quantitative estimate of drug-likeness (QED) is 0.702. The number of aromatic nitrogens is 1. The SMILES string of the molecule is OB(O)c1cccc(C2CCCCC2)n1. The first-order valence-electron chi connectivity index (χ1n) is 5.60. The maximum absolute atomic E-state index is 9.04. The van der Waals surface area contributed by atoms with E-state index in [1.54, 1.807) is 6.07 Å². The smallest absolute Gasteiger partial charge is 0.422 e. The molecule has 0 aliphatic heterocycles. The second-order valence-electron chi connectivity index (χ2n) is 4.20. The van der Waals surface area contributed by atoms with Gasteiger partial charge in [0.2, 0.25) is 0 Å². The second kappa shape index (κ2) is 4.77. The highest BCUT2D eigenvalue weighted by molar-refractivity contribution is 6.57. The standard InChI is InChI=1S/C11H16BNO2/c14-12(15)11-8-4-7-10(13-11)9-5-2-1-3-6-9/h4,7-9,14-15H,1-3,5-6H2. The van der Waals surface area contributed by atoms with Gasteiger partial charge >= 0.3 is 7.12 Å². The van der Waals surface area contributed by atoms with Gasteiger partial charge in [0, 0.05) is 11.6 Å². The van der Waals surface area contributed by atoms with Crippen LogP contribution in [0.25, 0.3) is 0 Å². The van der Waals surface area contributed by atoms with Crippen molar-refractivity contribution in [3.63, 3.8) is 0 Å². The Balaban J connectivity index is 2.16. The van der Waals surface area contributed by atoms with Crippen molar-refractivity contribution in [2.45, 2.75) is 38.0 Å². The van der Waals surface area contributed by atoms with Gasteiger partial charge < -0.3 is 10.0 Å². The molecule has 3 nitrogen and oxygen atoms in total. The lowest BCUT2D eigenvalue weighted by molar-refractivity contribution is 0.421. The zero-order chi connectivity index (χ0) is 10.7. The number of pyridine rings is 1. The average molecular weight is 205 g/mol. The van der Waals surface area contributed by atoms with Gasteiger partial charge in [0.05, 0.1) is 5.59 Å². The molecule has 0 saturated heterocycles. The average Bonchev–Trinajstić information content (AvgIpc) is 2.30. The first-order chi connectivity index (χ1) is 7.27. The van der Waals surface area contributed by atoms with Crippen LogP contribution in [0.15, 0.2) is 18.2 Å². The molecule has 1 aliphatic rings. The molecule has 1 aromatic heterocycles.